The summed E-state index contributed by atoms with van der Waals surface area (Å²) in [5.41, 5.74) is 0.424. The van der Waals surface area contributed by atoms with Crippen molar-refractivity contribution < 1.29 is 19.1 Å². The molecule has 1 fully saturated rings. The third-order valence-electron chi connectivity index (χ3n) is 4.55. The van der Waals surface area contributed by atoms with Gasteiger partial charge in [-0.15, -0.1) is 0 Å². The summed E-state index contributed by atoms with van der Waals surface area (Å²) in [5, 5.41) is 0. The minimum atomic E-state index is -0.650. The maximum absolute atomic E-state index is 12.7. The zero-order valence-electron chi connectivity index (χ0n) is 14.2. The summed E-state index contributed by atoms with van der Waals surface area (Å²) in [5.74, 6) is 1.02. The second-order valence-electron chi connectivity index (χ2n) is 6.20. The zero-order valence-corrected chi connectivity index (χ0v) is 14.2. The monoisotopic (exact) mass is 353 g/mol. The van der Waals surface area contributed by atoms with Gasteiger partial charge in [0, 0.05) is 32.4 Å². The number of carbonyl (C=O) groups excluding carboxylic acids is 2. The van der Waals surface area contributed by atoms with Crippen molar-refractivity contribution >= 4 is 11.8 Å². The van der Waals surface area contributed by atoms with Crippen LogP contribution in [-0.2, 0) is 4.79 Å². The Hall–Kier alpha value is -3.09. The average molecular weight is 353 g/mol. The van der Waals surface area contributed by atoms with E-state index in [1.54, 1.807) is 40.3 Å². The van der Waals surface area contributed by atoms with E-state index in [1.165, 1.54) is 0 Å². The number of nitrogens with zero attached hydrogens (tertiary/aromatic N) is 3. The van der Waals surface area contributed by atoms with Gasteiger partial charge < -0.3 is 19.3 Å². The Labute approximate surface area is 151 Å². The van der Waals surface area contributed by atoms with Gasteiger partial charge >= 0.3 is 0 Å². The van der Waals surface area contributed by atoms with E-state index in [-0.39, 0.29) is 18.4 Å². The Morgan fingerprint density at radius 1 is 0.923 bits per heavy atom. The van der Waals surface area contributed by atoms with Crippen molar-refractivity contribution in [3.05, 3.63) is 54.4 Å². The molecular weight excluding hydrogens is 334 g/mol. The van der Waals surface area contributed by atoms with E-state index >= 15 is 0 Å². The molecule has 2 aliphatic heterocycles. The number of carbonyl (C=O) groups is 2. The van der Waals surface area contributed by atoms with E-state index in [2.05, 4.69) is 4.98 Å². The van der Waals surface area contributed by atoms with Gasteiger partial charge in [0.2, 0.25) is 6.10 Å². The lowest BCUT2D eigenvalue weighted by molar-refractivity contribution is -0.142. The quantitative estimate of drug-likeness (QED) is 0.811. The van der Waals surface area contributed by atoms with Crippen LogP contribution in [0.4, 0.5) is 0 Å². The lowest BCUT2D eigenvalue weighted by Crippen LogP contribution is -2.55. The van der Waals surface area contributed by atoms with Gasteiger partial charge in [-0.3, -0.25) is 14.6 Å². The Morgan fingerprint density at radius 2 is 1.62 bits per heavy atom. The van der Waals surface area contributed by atoms with Crippen LogP contribution in [0.15, 0.2) is 48.7 Å². The first-order valence-electron chi connectivity index (χ1n) is 8.60. The third-order valence-corrected chi connectivity index (χ3v) is 4.55. The van der Waals surface area contributed by atoms with Gasteiger partial charge in [0.1, 0.15) is 12.3 Å². The molecule has 26 heavy (non-hydrogen) atoms. The van der Waals surface area contributed by atoms with Gasteiger partial charge in [-0.1, -0.05) is 18.2 Å². The van der Waals surface area contributed by atoms with Crippen LogP contribution < -0.4 is 9.47 Å². The molecule has 2 aliphatic rings. The Bertz CT molecular complexity index is 803. The molecular formula is C19H19N3O4. The number of rotatable bonds is 2. The number of piperazine rings is 1. The molecule has 0 aliphatic carbocycles. The first-order valence-corrected chi connectivity index (χ1v) is 8.60. The van der Waals surface area contributed by atoms with Crippen LogP contribution in [0.2, 0.25) is 0 Å². The number of fused-ring (bicyclic) bond motifs is 1. The number of amides is 2. The topological polar surface area (TPSA) is 72.0 Å². The fourth-order valence-electron chi connectivity index (χ4n) is 3.13. The van der Waals surface area contributed by atoms with Crippen molar-refractivity contribution in [2.75, 3.05) is 32.8 Å². The summed E-state index contributed by atoms with van der Waals surface area (Å²) in [7, 11) is 0. The molecule has 3 heterocycles. The number of para-hydroxylation sites is 2. The molecule has 0 saturated carbocycles. The predicted molar refractivity (Wildman–Crippen MR) is 93.1 cm³/mol. The van der Waals surface area contributed by atoms with Gasteiger partial charge in [0.15, 0.2) is 11.5 Å². The van der Waals surface area contributed by atoms with Gasteiger partial charge in [-0.25, -0.2) is 0 Å². The lowest BCUT2D eigenvalue weighted by atomic mass is 10.2. The summed E-state index contributed by atoms with van der Waals surface area (Å²) in [6, 6.07) is 12.6. The highest BCUT2D eigenvalue weighted by Crippen LogP contribution is 2.31. The molecule has 2 aromatic rings. The van der Waals surface area contributed by atoms with E-state index in [4.69, 9.17) is 9.47 Å². The van der Waals surface area contributed by atoms with E-state index in [0.29, 0.717) is 43.4 Å². The molecule has 1 aromatic carbocycles. The first-order chi connectivity index (χ1) is 12.7. The van der Waals surface area contributed by atoms with Crippen LogP contribution in [0.3, 0.4) is 0 Å². The summed E-state index contributed by atoms with van der Waals surface area (Å²) < 4.78 is 11.4. The number of hydrogen-bond donors (Lipinski definition) is 0. The minimum absolute atomic E-state index is 0.107. The van der Waals surface area contributed by atoms with Crippen LogP contribution in [0.25, 0.3) is 0 Å². The summed E-state index contributed by atoms with van der Waals surface area (Å²) >= 11 is 0. The summed E-state index contributed by atoms with van der Waals surface area (Å²) in [6.45, 7) is 2.09. The number of pyridine rings is 1. The lowest BCUT2D eigenvalue weighted by Gasteiger charge is -2.37. The summed E-state index contributed by atoms with van der Waals surface area (Å²) in [4.78, 5) is 32.7. The highest BCUT2D eigenvalue weighted by molar-refractivity contribution is 5.92. The van der Waals surface area contributed by atoms with Crippen LogP contribution in [-0.4, -0.2) is 65.5 Å². The highest BCUT2D eigenvalue weighted by Gasteiger charge is 2.33. The van der Waals surface area contributed by atoms with E-state index in [0.717, 1.165) is 0 Å². The van der Waals surface area contributed by atoms with Crippen molar-refractivity contribution in [1.29, 1.82) is 0 Å². The standard InChI is InChI=1S/C19H19N3O4/c23-18(14-5-3-4-8-20-14)21-9-11-22(12-10-21)19(24)17-13-25-15-6-1-2-7-16(15)26-17/h1-8,17H,9-13H2. The molecule has 1 atom stereocenters. The molecule has 4 rings (SSSR count). The first kappa shape index (κ1) is 16.4. The maximum atomic E-state index is 12.7. The van der Waals surface area contributed by atoms with E-state index in [1.807, 2.05) is 18.2 Å². The second kappa shape index (κ2) is 7.03. The van der Waals surface area contributed by atoms with Crippen molar-refractivity contribution in [3.63, 3.8) is 0 Å². The molecule has 7 heteroatoms. The number of benzene rings is 1. The van der Waals surface area contributed by atoms with Gasteiger partial charge in [0.25, 0.3) is 11.8 Å². The fourth-order valence-corrected chi connectivity index (χ4v) is 3.13. The molecule has 2 amide bonds. The molecule has 1 unspecified atom stereocenters. The number of aromatic nitrogens is 1. The SMILES string of the molecule is O=C(c1ccccn1)N1CCN(C(=O)C2COc3ccccc3O2)CC1. The Kier molecular flexibility index (Phi) is 4.43. The average Bonchev–Trinajstić information content (AvgIpc) is 2.73. The molecule has 7 nitrogen and oxygen atoms in total. The normalized spacial score (nSPS) is 19.2. The number of hydrogen-bond acceptors (Lipinski definition) is 5. The highest BCUT2D eigenvalue weighted by atomic mass is 16.6. The Morgan fingerprint density at radius 3 is 2.35 bits per heavy atom. The van der Waals surface area contributed by atoms with Crippen molar-refractivity contribution in [2.45, 2.75) is 6.10 Å². The Balaban J connectivity index is 1.35. The number of ether oxygens (including phenoxy) is 2. The molecule has 134 valence electrons. The fraction of sp³-hybridized carbons (Fsp3) is 0.316. The summed E-state index contributed by atoms with van der Waals surface area (Å²) in [6.07, 6.45) is 0.952. The van der Waals surface area contributed by atoms with Crippen LogP contribution in [0, 0.1) is 0 Å². The molecule has 1 aromatic heterocycles. The molecule has 0 spiro atoms. The maximum Gasteiger partial charge on any atom is 0.272 e. The van der Waals surface area contributed by atoms with Crippen LogP contribution in [0.5, 0.6) is 11.5 Å². The van der Waals surface area contributed by atoms with Gasteiger partial charge in [-0.2, -0.15) is 0 Å². The van der Waals surface area contributed by atoms with Crippen molar-refractivity contribution in [1.82, 2.24) is 14.8 Å². The van der Waals surface area contributed by atoms with E-state index in [9.17, 15) is 9.59 Å². The van der Waals surface area contributed by atoms with Crippen molar-refractivity contribution in [3.8, 4) is 11.5 Å². The van der Waals surface area contributed by atoms with Gasteiger partial charge in [-0.05, 0) is 24.3 Å². The third kappa shape index (κ3) is 3.20. The van der Waals surface area contributed by atoms with E-state index < -0.39 is 6.10 Å². The molecule has 0 radical (unpaired) electrons. The molecule has 0 bridgehead atoms. The molecule has 1 saturated heterocycles. The van der Waals surface area contributed by atoms with Crippen molar-refractivity contribution in [2.24, 2.45) is 0 Å². The second-order valence-corrected chi connectivity index (χ2v) is 6.20. The van der Waals surface area contributed by atoms with Crippen LogP contribution >= 0.6 is 0 Å². The van der Waals surface area contributed by atoms with Gasteiger partial charge in [0.05, 0.1) is 0 Å². The van der Waals surface area contributed by atoms with Crippen LogP contribution in [0.1, 0.15) is 10.5 Å². The minimum Gasteiger partial charge on any atom is -0.485 e. The predicted octanol–water partition coefficient (Wildman–Crippen LogP) is 1.21. The zero-order chi connectivity index (χ0) is 17.9. The molecule has 0 N–H and O–H groups in total. The largest absolute Gasteiger partial charge is 0.485 e. The smallest absolute Gasteiger partial charge is 0.272 e.